The second kappa shape index (κ2) is 4.72. The van der Waals surface area contributed by atoms with Crippen LogP contribution in [-0.2, 0) is 0 Å². The van der Waals surface area contributed by atoms with Crippen LogP contribution in [0.15, 0.2) is 0 Å². The molecule has 1 saturated carbocycles. The van der Waals surface area contributed by atoms with Gasteiger partial charge in [0.25, 0.3) is 0 Å². The Morgan fingerprint density at radius 3 is 2.38 bits per heavy atom. The highest BCUT2D eigenvalue weighted by Crippen LogP contribution is 2.38. The lowest BCUT2D eigenvalue weighted by atomic mass is 9.79. The van der Waals surface area contributed by atoms with Gasteiger partial charge in [-0.2, -0.15) is 12.6 Å². The van der Waals surface area contributed by atoms with Gasteiger partial charge in [-0.3, -0.25) is 0 Å². The van der Waals surface area contributed by atoms with Crippen molar-refractivity contribution in [1.82, 2.24) is 0 Å². The van der Waals surface area contributed by atoms with Gasteiger partial charge in [0, 0.05) is 5.25 Å². The van der Waals surface area contributed by atoms with Crippen LogP contribution in [0.5, 0.6) is 0 Å². The topological polar surface area (TPSA) is 0 Å². The molecule has 0 aliphatic heterocycles. The van der Waals surface area contributed by atoms with Gasteiger partial charge in [0.2, 0.25) is 0 Å². The molecule has 0 aromatic carbocycles. The molecule has 0 bridgehead atoms. The highest BCUT2D eigenvalue weighted by atomic mass is 32.1. The molecule has 0 saturated heterocycles. The maximum absolute atomic E-state index is 4.75. The summed E-state index contributed by atoms with van der Waals surface area (Å²) in [6.07, 6.45) is 8.30. The van der Waals surface area contributed by atoms with E-state index in [9.17, 15) is 0 Å². The zero-order valence-electron chi connectivity index (χ0n) is 9.34. The van der Waals surface area contributed by atoms with Gasteiger partial charge in [-0.25, -0.2) is 0 Å². The Bertz CT molecular complexity index is 151. The summed E-state index contributed by atoms with van der Waals surface area (Å²) in [4.78, 5) is 0. The summed E-state index contributed by atoms with van der Waals surface area (Å²) >= 11 is 4.75. The standard InChI is InChI=1S/C12H24S/c1-10-7-5-4-6-8-11(13)12(2,3)9-10/h10-11,13H,4-9H2,1-3H3. The largest absolute Gasteiger partial charge is 0.175 e. The number of hydrogen-bond donors (Lipinski definition) is 1. The minimum atomic E-state index is 0.437. The van der Waals surface area contributed by atoms with Gasteiger partial charge in [0.05, 0.1) is 0 Å². The van der Waals surface area contributed by atoms with Crippen LogP contribution in [0.25, 0.3) is 0 Å². The van der Waals surface area contributed by atoms with Crippen molar-refractivity contribution in [3.63, 3.8) is 0 Å². The molecule has 1 rings (SSSR count). The fourth-order valence-electron chi connectivity index (χ4n) is 2.53. The highest BCUT2D eigenvalue weighted by Gasteiger charge is 2.28. The summed E-state index contributed by atoms with van der Waals surface area (Å²) < 4.78 is 0. The van der Waals surface area contributed by atoms with Crippen molar-refractivity contribution < 1.29 is 0 Å². The molecule has 1 heteroatoms. The van der Waals surface area contributed by atoms with E-state index < -0.39 is 0 Å². The van der Waals surface area contributed by atoms with E-state index >= 15 is 0 Å². The van der Waals surface area contributed by atoms with Crippen LogP contribution in [0.4, 0.5) is 0 Å². The molecule has 0 N–H and O–H groups in total. The van der Waals surface area contributed by atoms with Crippen molar-refractivity contribution in [3.8, 4) is 0 Å². The maximum atomic E-state index is 4.75. The van der Waals surface area contributed by atoms with Crippen molar-refractivity contribution >= 4 is 12.6 Å². The summed E-state index contributed by atoms with van der Waals surface area (Å²) in [6.45, 7) is 7.16. The first kappa shape index (κ1) is 11.4. The average molecular weight is 200 g/mol. The second-order valence-corrected chi connectivity index (χ2v) is 6.08. The third-order valence-electron chi connectivity index (χ3n) is 3.45. The fraction of sp³-hybridized carbons (Fsp3) is 1.00. The van der Waals surface area contributed by atoms with Gasteiger partial charge in [-0.05, 0) is 24.2 Å². The third-order valence-corrected chi connectivity index (χ3v) is 4.41. The molecule has 13 heavy (non-hydrogen) atoms. The van der Waals surface area contributed by atoms with Crippen LogP contribution in [0, 0.1) is 11.3 Å². The minimum absolute atomic E-state index is 0.437. The van der Waals surface area contributed by atoms with Gasteiger partial charge < -0.3 is 0 Å². The summed E-state index contributed by atoms with van der Waals surface area (Å²) in [5.74, 6) is 0.891. The van der Waals surface area contributed by atoms with E-state index in [0.29, 0.717) is 10.7 Å². The summed E-state index contributed by atoms with van der Waals surface area (Å²) in [6, 6.07) is 0. The van der Waals surface area contributed by atoms with Gasteiger partial charge in [0.1, 0.15) is 0 Å². The van der Waals surface area contributed by atoms with E-state index in [1.54, 1.807) is 0 Å². The molecule has 1 aliphatic carbocycles. The normalized spacial score (nSPS) is 36.0. The Labute approximate surface area is 88.9 Å². The molecule has 78 valence electrons. The van der Waals surface area contributed by atoms with Gasteiger partial charge in [0.15, 0.2) is 0 Å². The Morgan fingerprint density at radius 2 is 1.69 bits per heavy atom. The first-order chi connectivity index (χ1) is 6.02. The van der Waals surface area contributed by atoms with Crippen LogP contribution in [0.2, 0.25) is 0 Å². The van der Waals surface area contributed by atoms with E-state index in [2.05, 4.69) is 20.8 Å². The molecule has 1 aliphatic rings. The van der Waals surface area contributed by atoms with Crippen LogP contribution in [-0.4, -0.2) is 5.25 Å². The zero-order valence-corrected chi connectivity index (χ0v) is 10.2. The molecule has 2 atom stereocenters. The fourth-order valence-corrected chi connectivity index (χ4v) is 2.82. The van der Waals surface area contributed by atoms with Gasteiger partial charge >= 0.3 is 0 Å². The predicted molar refractivity (Wildman–Crippen MR) is 63.4 cm³/mol. The maximum Gasteiger partial charge on any atom is 0.00681 e. The average Bonchev–Trinajstić information content (AvgIpc) is 2.05. The summed E-state index contributed by atoms with van der Waals surface area (Å²) in [7, 11) is 0. The van der Waals surface area contributed by atoms with Crippen LogP contribution >= 0.6 is 12.6 Å². The summed E-state index contributed by atoms with van der Waals surface area (Å²) in [5.41, 5.74) is 0.437. The van der Waals surface area contributed by atoms with E-state index in [4.69, 9.17) is 12.6 Å². The SMILES string of the molecule is CC1CCCCCC(S)C(C)(C)C1. The molecular weight excluding hydrogens is 176 g/mol. The highest BCUT2D eigenvalue weighted by molar-refractivity contribution is 7.81. The van der Waals surface area contributed by atoms with E-state index in [-0.39, 0.29) is 0 Å². The lowest BCUT2D eigenvalue weighted by molar-refractivity contribution is 0.261. The van der Waals surface area contributed by atoms with E-state index in [0.717, 1.165) is 5.92 Å². The van der Waals surface area contributed by atoms with Crippen molar-refractivity contribution in [1.29, 1.82) is 0 Å². The van der Waals surface area contributed by atoms with E-state index in [1.165, 1.54) is 38.5 Å². The van der Waals surface area contributed by atoms with E-state index in [1.807, 2.05) is 0 Å². The first-order valence-electron chi connectivity index (χ1n) is 5.70. The molecule has 1 fully saturated rings. The van der Waals surface area contributed by atoms with Crippen LogP contribution < -0.4 is 0 Å². The zero-order chi connectivity index (χ0) is 9.90. The van der Waals surface area contributed by atoms with Gasteiger partial charge in [-0.1, -0.05) is 46.5 Å². The Balaban J connectivity index is 2.58. The molecule has 0 radical (unpaired) electrons. The molecular formula is C12H24S. The molecule has 0 aromatic rings. The Kier molecular flexibility index (Phi) is 4.15. The molecule has 0 amide bonds. The third kappa shape index (κ3) is 3.53. The number of thiol groups is 1. The number of hydrogen-bond acceptors (Lipinski definition) is 1. The van der Waals surface area contributed by atoms with Gasteiger partial charge in [-0.15, -0.1) is 0 Å². The summed E-state index contributed by atoms with van der Waals surface area (Å²) in [5, 5.41) is 0.605. The van der Waals surface area contributed by atoms with Crippen LogP contribution in [0.1, 0.15) is 59.3 Å². The first-order valence-corrected chi connectivity index (χ1v) is 6.22. The Hall–Kier alpha value is 0.350. The molecule has 0 spiro atoms. The minimum Gasteiger partial charge on any atom is -0.175 e. The van der Waals surface area contributed by atoms with Crippen molar-refractivity contribution in [2.24, 2.45) is 11.3 Å². The smallest absolute Gasteiger partial charge is 0.00681 e. The van der Waals surface area contributed by atoms with Crippen molar-refractivity contribution in [2.75, 3.05) is 0 Å². The number of rotatable bonds is 0. The quantitative estimate of drug-likeness (QED) is 0.554. The molecule has 0 heterocycles. The monoisotopic (exact) mass is 200 g/mol. The molecule has 0 nitrogen and oxygen atoms in total. The lowest BCUT2D eigenvalue weighted by Crippen LogP contribution is -2.26. The predicted octanol–water partition coefficient (Wildman–Crippen LogP) is 4.30. The van der Waals surface area contributed by atoms with Crippen molar-refractivity contribution in [3.05, 3.63) is 0 Å². The second-order valence-electron chi connectivity index (χ2n) is 5.45. The van der Waals surface area contributed by atoms with Crippen molar-refractivity contribution in [2.45, 2.75) is 64.5 Å². The Morgan fingerprint density at radius 1 is 1.08 bits per heavy atom. The molecule has 0 aromatic heterocycles. The molecule has 2 unspecified atom stereocenters. The van der Waals surface area contributed by atoms with Crippen LogP contribution in [0.3, 0.4) is 0 Å². The lowest BCUT2D eigenvalue weighted by Gasteiger charge is -2.32.